The van der Waals surface area contributed by atoms with Gasteiger partial charge in [-0.2, -0.15) is 0 Å². The normalized spacial score (nSPS) is 16.5. The van der Waals surface area contributed by atoms with Crippen molar-refractivity contribution in [3.63, 3.8) is 0 Å². The number of carboxylic acid groups (broad SMARTS) is 1. The first kappa shape index (κ1) is 28.1. The van der Waals surface area contributed by atoms with E-state index in [1.54, 1.807) is 12.1 Å². The van der Waals surface area contributed by atoms with Crippen LogP contribution in [-0.4, -0.2) is 11.6 Å². The molecule has 1 fully saturated rings. The Balaban J connectivity index is 0.00000171. The van der Waals surface area contributed by atoms with E-state index in [9.17, 15) is 15.0 Å². The van der Waals surface area contributed by atoms with Crippen LogP contribution in [0.4, 0.5) is 0 Å². The van der Waals surface area contributed by atoms with Crippen LogP contribution < -0.4 is 78.8 Å². The molecule has 2 aliphatic rings. The summed E-state index contributed by atoms with van der Waals surface area (Å²) < 4.78 is 12.3. The number of fused-ring (bicyclic) bond motifs is 1. The molecular weight excluding hydrogens is 462 g/mol. The zero-order valence-corrected chi connectivity index (χ0v) is 25.1. The maximum absolute atomic E-state index is 11.8. The Labute approximate surface area is 250 Å². The number of carbonyl (C=O) groups is 1. The molecule has 170 valence electrons. The standard InChI is InChI=1S/C28H28O5.2Na/c1-16-11-20(29)12-17(2)27(16)22-6-4-5-19(18(22)3)15-32-21-7-8-23-24(14-26(30)31)28(9-10-28)33-25(23)13-21;;/h4-8,11-13,24,29H,9-10,14-15H2,1-3H3,(H,30,31);;/q;2*+1/p-2. The minimum atomic E-state index is -1.05. The van der Waals surface area contributed by atoms with E-state index in [4.69, 9.17) is 9.47 Å². The van der Waals surface area contributed by atoms with E-state index >= 15 is 0 Å². The van der Waals surface area contributed by atoms with Crippen molar-refractivity contribution in [3.8, 4) is 28.4 Å². The second-order valence-corrected chi connectivity index (χ2v) is 9.31. The number of aryl methyl sites for hydroxylation is 2. The van der Waals surface area contributed by atoms with E-state index in [1.165, 1.54) is 0 Å². The molecule has 3 aromatic carbocycles. The molecule has 0 radical (unpaired) electrons. The van der Waals surface area contributed by atoms with Crippen molar-refractivity contribution < 1.29 is 83.6 Å². The minimum absolute atomic E-state index is 0. The number of aliphatic carboxylic acids is 1. The first-order chi connectivity index (χ1) is 15.8. The molecule has 1 aliphatic heterocycles. The summed E-state index contributed by atoms with van der Waals surface area (Å²) in [5.74, 6) is 0.225. The van der Waals surface area contributed by atoms with E-state index in [0.29, 0.717) is 18.1 Å². The molecule has 35 heavy (non-hydrogen) atoms. The van der Waals surface area contributed by atoms with Gasteiger partial charge in [-0.15, -0.1) is 5.75 Å². The van der Waals surface area contributed by atoms with Gasteiger partial charge in [-0.1, -0.05) is 36.4 Å². The van der Waals surface area contributed by atoms with Crippen LogP contribution in [0, 0.1) is 20.8 Å². The first-order valence-electron chi connectivity index (χ1n) is 11.3. The van der Waals surface area contributed by atoms with Gasteiger partial charge in [-0.25, -0.2) is 0 Å². The quantitative estimate of drug-likeness (QED) is 0.379. The molecule has 0 aromatic heterocycles. The number of carboxylic acids is 1. The summed E-state index contributed by atoms with van der Waals surface area (Å²) in [5.41, 5.74) is 6.86. The summed E-state index contributed by atoms with van der Waals surface area (Å²) in [6.07, 6.45) is 1.72. The van der Waals surface area contributed by atoms with Gasteiger partial charge in [0.25, 0.3) is 0 Å². The van der Waals surface area contributed by atoms with Crippen LogP contribution in [0.5, 0.6) is 17.2 Å². The average Bonchev–Trinajstić information content (AvgIpc) is 3.45. The average molecular weight is 488 g/mol. The van der Waals surface area contributed by atoms with Gasteiger partial charge >= 0.3 is 59.1 Å². The maximum atomic E-state index is 11.8. The van der Waals surface area contributed by atoms with Crippen LogP contribution in [0.1, 0.15) is 53.0 Å². The van der Waals surface area contributed by atoms with Crippen molar-refractivity contribution in [2.75, 3.05) is 0 Å². The van der Waals surface area contributed by atoms with Gasteiger partial charge < -0.3 is 24.5 Å². The topological polar surface area (TPSA) is 81.6 Å². The Hall–Kier alpha value is -1.47. The molecule has 5 rings (SSSR count). The fraction of sp³-hybridized carbons (Fsp3) is 0.321. The molecule has 5 nitrogen and oxygen atoms in total. The number of benzene rings is 3. The molecule has 1 spiro atoms. The number of ether oxygens (including phenoxy) is 2. The number of hydrogen-bond acceptors (Lipinski definition) is 5. The van der Waals surface area contributed by atoms with Crippen molar-refractivity contribution in [2.24, 2.45) is 0 Å². The second-order valence-electron chi connectivity index (χ2n) is 9.31. The number of hydrogen-bond donors (Lipinski definition) is 0. The Kier molecular flexibility index (Phi) is 8.73. The molecule has 0 bridgehead atoms. The summed E-state index contributed by atoms with van der Waals surface area (Å²) in [6.45, 7) is 6.41. The van der Waals surface area contributed by atoms with Crippen LogP contribution in [0.25, 0.3) is 11.1 Å². The van der Waals surface area contributed by atoms with Gasteiger partial charge in [0.2, 0.25) is 0 Å². The smallest absolute Gasteiger partial charge is 0.872 e. The number of carbonyl (C=O) groups excluding carboxylic acids is 1. The van der Waals surface area contributed by atoms with Crippen molar-refractivity contribution in [1.29, 1.82) is 0 Å². The molecule has 3 aromatic rings. The Morgan fingerprint density at radius 1 is 1.06 bits per heavy atom. The van der Waals surface area contributed by atoms with Gasteiger partial charge in [0.05, 0.1) is 0 Å². The third-order valence-electron chi connectivity index (χ3n) is 7.04. The van der Waals surface area contributed by atoms with Crippen molar-refractivity contribution in [2.45, 2.75) is 58.2 Å². The van der Waals surface area contributed by atoms with Crippen LogP contribution in [0.2, 0.25) is 0 Å². The summed E-state index contributed by atoms with van der Waals surface area (Å²) in [4.78, 5) is 11.2. The monoisotopic (exact) mass is 488 g/mol. The predicted octanol–water partition coefficient (Wildman–Crippen LogP) is -1.91. The largest absolute Gasteiger partial charge is 1.00 e. The van der Waals surface area contributed by atoms with Gasteiger partial charge in [-0.3, -0.25) is 0 Å². The van der Waals surface area contributed by atoms with E-state index in [2.05, 4.69) is 13.0 Å². The summed E-state index contributed by atoms with van der Waals surface area (Å²) in [5, 5.41) is 23.1. The fourth-order valence-electron chi connectivity index (χ4n) is 5.21. The van der Waals surface area contributed by atoms with Crippen molar-refractivity contribution in [1.82, 2.24) is 0 Å². The molecule has 0 N–H and O–H groups in total. The van der Waals surface area contributed by atoms with Gasteiger partial charge in [0.15, 0.2) is 0 Å². The zero-order chi connectivity index (χ0) is 23.3. The van der Waals surface area contributed by atoms with E-state index in [-0.39, 0.29) is 82.8 Å². The van der Waals surface area contributed by atoms with E-state index in [0.717, 1.165) is 51.8 Å². The number of rotatable bonds is 6. The summed E-state index contributed by atoms with van der Waals surface area (Å²) in [6, 6.07) is 15.2. The summed E-state index contributed by atoms with van der Waals surface area (Å²) in [7, 11) is 0. The second kappa shape index (κ2) is 10.9. The van der Waals surface area contributed by atoms with Gasteiger partial charge in [0.1, 0.15) is 23.7 Å². The first-order valence-corrected chi connectivity index (χ1v) is 11.3. The predicted molar refractivity (Wildman–Crippen MR) is 121 cm³/mol. The van der Waals surface area contributed by atoms with Crippen molar-refractivity contribution in [3.05, 3.63) is 76.3 Å². The molecular formula is C28H26Na2O5. The molecule has 0 amide bonds. The minimum Gasteiger partial charge on any atom is -0.872 e. The molecule has 1 saturated carbocycles. The molecule has 1 unspecified atom stereocenters. The van der Waals surface area contributed by atoms with Gasteiger partial charge in [0, 0.05) is 23.5 Å². The molecule has 7 heteroatoms. The molecule has 1 aliphatic carbocycles. The Morgan fingerprint density at radius 2 is 1.74 bits per heavy atom. The zero-order valence-electron chi connectivity index (χ0n) is 21.1. The van der Waals surface area contributed by atoms with Crippen LogP contribution in [0.15, 0.2) is 48.5 Å². The summed E-state index contributed by atoms with van der Waals surface area (Å²) >= 11 is 0. The van der Waals surface area contributed by atoms with Crippen molar-refractivity contribution >= 4 is 5.97 Å². The Morgan fingerprint density at radius 3 is 2.37 bits per heavy atom. The SMILES string of the molecule is Cc1cc([O-])cc(C)c1-c1cccc(COc2ccc3c(c2)OC2(CC2)C3CC(=O)[O-])c1C.[Na+].[Na+]. The van der Waals surface area contributed by atoms with Gasteiger partial charge in [-0.05, 0) is 79.5 Å². The fourth-order valence-corrected chi connectivity index (χ4v) is 5.21. The molecule has 1 heterocycles. The maximum Gasteiger partial charge on any atom is 1.00 e. The third kappa shape index (κ3) is 5.46. The molecule has 1 atom stereocenters. The molecule has 0 saturated heterocycles. The van der Waals surface area contributed by atoms with E-state index < -0.39 is 5.97 Å². The van der Waals surface area contributed by atoms with Crippen LogP contribution in [-0.2, 0) is 11.4 Å². The van der Waals surface area contributed by atoms with Crippen LogP contribution >= 0.6 is 0 Å². The Bertz CT molecular complexity index is 1240. The van der Waals surface area contributed by atoms with E-state index in [1.807, 2.05) is 44.2 Å². The third-order valence-corrected chi connectivity index (χ3v) is 7.04. The van der Waals surface area contributed by atoms with Crippen LogP contribution in [0.3, 0.4) is 0 Å².